The van der Waals surface area contributed by atoms with Crippen molar-refractivity contribution in [3.63, 3.8) is 0 Å². The van der Waals surface area contributed by atoms with Gasteiger partial charge in [-0.3, -0.25) is 9.89 Å². The summed E-state index contributed by atoms with van der Waals surface area (Å²) in [4.78, 5) is 19.9. The number of rotatable bonds is 3. The molecule has 0 atom stereocenters. The van der Waals surface area contributed by atoms with Crippen LogP contribution in [-0.2, 0) is 24.2 Å². The molecule has 3 rings (SSSR count). The molecule has 0 fully saturated rings. The Morgan fingerprint density at radius 1 is 1.63 bits per heavy atom. The van der Waals surface area contributed by atoms with Crippen molar-refractivity contribution in [2.75, 3.05) is 18.9 Å². The maximum atomic E-state index is 11.9. The lowest BCUT2D eigenvalue weighted by Gasteiger charge is -2.20. The smallest absolute Gasteiger partial charge is 0.232 e. The number of nitrogens with one attached hydrogen (secondary N) is 2. The first-order chi connectivity index (χ1) is 9.20. The van der Waals surface area contributed by atoms with Gasteiger partial charge < -0.3 is 10.2 Å². The van der Waals surface area contributed by atoms with Crippen LogP contribution < -0.4 is 5.32 Å². The lowest BCUT2D eigenvalue weighted by atomic mass is 10.2. The molecule has 6 nitrogen and oxygen atoms in total. The first-order valence-corrected chi connectivity index (χ1v) is 6.97. The number of fused-ring (bicyclic) bond motifs is 1. The van der Waals surface area contributed by atoms with E-state index < -0.39 is 0 Å². The standard InChI is InChI=1S/C12H15N5OS/c1-17-5-3-9-10(7-17)19-12(14-9)15-11(18)6-8-2-4-13-16-8/h2,4H,3,5-7H2,1H3,(H,13,16)(H,14,15,18). The average molecular weight is 277 g/mol. The minimum atomic E-state index is -0.0660. The molecule has 0 unspecified atom stereocenters. The van der Waals surface area contributed by atoms with Crippen molar-refractivity contribution in [2.24, 2.45) is 0 Å². The zero-order valence-electron chi connectivity index (χ0n) is 10.6. The Morgan fingerprint density at radius 2 is 2.53 bits per heavy atom. The molecule has 1 aliphatic heterocycles. The van der Waals surface area contributed by atoms with Crippen molar-refractivity contribution in [2.45, 2.75) is 19.4 Å². The number of thiazole rings is 1. The molecule has 0 radical (unpaired) electrons. The first kappa shape index (κ1) is 12.3. The second kappa shape index (κ2) is 5.10. The molecular weight excluding hydrogens is 262 g/mol. The molecule has 100 valence electrons. The molecule has 0 aromatic carbocycles. The number of aromatic amines is 1. The summed E-state index contributed by atoms with van der Waals surface area (Å²) in [6.07, 6.45) is 2.89. The van der Waals surface area contributed by atoms with Crippen LogP contribution in [0.15, 0.2) is 12.3 Å². The summed E-state index contributed by atoms with van der Waals surface area (Å²) in [5.74, 6) is -0.0660. The van der Waals surface area contributed by atoms with Crippen LogP contribution in [0, 0.1) is 0 Å². The summed E-state index contributed by atoms with van der Waals surface area (Å²) in [7, 11) is 2.10. The third kappa shape index (κ3) is 2.82. The largest absolute Gasteiger partial charge is 0.302 e. The second-order valence-electron chi connectivity index (χ2n) is 4.68. The minimum absolute atomic E-state index is 0.0660. The van der Waals surface area contributed by atoms with Gasteiger partial charge in [0.15, 0.2) is 5.13 Å². The monoisotopic (exact) mass is 277 g/mol. The Kier molecular flexibility index (Phi) is 3.31. The highest BCUT2D eigenvalue weighted by molar-refractivity contribution is 7.15. The minimum Gasteiger partial charge on any atom is -0.302 e. The van der Waals surface area contributed by atoms with Crippen molar-refractivity contribution in [3.8, 4) is 0 Å². The molecule has 19 heavy (non-hydrogen) atoms. The molecule has 0 aliphatic carbocycles. The van der Waals surface area contributed by atoms with Crippen molar-refractivity contribution in [3.05, 3.63) is 28.5 Å². The van der Waals surface area contributed by atoms with Gasteiger partial charge in [0.1, 0.15) is 0 Å². The second-order valence-corrected chi connectivity index (χ2v) is 5.77. The normalized spacial score (nSPS) is 15.2. The van der Waals surface area contributed by atoms with Crippen LogP contribution in [0.2, 0.25) is 0 Å². The van der Waals surface area contributed by atoms with E-state index in [9.17, 15) is 4.79 Å². The highest BCUT2D eigenvalue weighted by atomic mass is 32.1. The molecular formula is C12H15N5OS. The van der Waals surface area contributed by atoms with Crippen molar-refractivity contribution in [1.82, 2.24) is 20.1 Å². The Morgan fingerprint density at radius 3 is 3.32 bits per heavy atom. The lowest BCUT2D eigenvalue weighted by molar-refractivity contribution is -0.115. The van der Waals surface area contributed by atoms with E-state index in [4.69, 9.17) is 0 Å². The zero-order chi connectivity index (χ0) is 13.2. The summed E-state index contributed by atoms with van der Waals surface area (Å²) in [6, 6.07) is 1.79. The first-order valence-electron chi connectivity index (χ1n) is 6.16. The fourth-order valence-corrected chi connectivity index (χ4v) is 3.20. The maximum Gasteiger partial charge on any atom is 0.232 e. The number of carbonyl (C=O) groups excluding carboxylic acids is 1. The summed E-state index contributed by atoms with van der Waals surface area (Å²) in [5.41, 5.74) is 1.93. The van der Waals surface area contributed by atoms with E-state index in [-0.39, 0.29) is 5.91 Å². The molecule has 3 heterocycles. The summed E-state index contributed by atoms with van der Waals surface area (Å²) in [6.45, 7) is 1.95. The topological polar surface area (TPSA) is 73.9 Å². The van der Waals surface area contributed by atoms with E-state index in [1.165, 1.54) is 4.88 Å². The number of carbonyl (C=O) groups is 1. The quantitative estimate of drug-likeness (QED) is 0.879. The highest BCUT2D eigenvalue weighted by Crippen LogP contribution is 2.27. The van der Waals surface area contributed by atoms with Gasteiger partial charge in [0.05, 0.1) is 12.1 Å². The summed E-state index contributed by atoms with van der Waals surface area (Å²) < 4.78 is 0. The molecule has 2 aromatic rings. The number of aromatic nitrogens is 3. The Bertz CT molecular complexity index is 577. The Hall–Kier alpha value is -1.73. The van der Waals surface area contributed by atoms with Gasteiger partial charge in [-0.05, 0) is 13.1 Å². The van der Waals surface area contributed by atoms with E-state index in [1.807, 2.05) is 0 Å². The third-order valence-corrected chi connectivity index (χ3v) is 4.08. The van der Waals surface area contributed by atoms with Crippen LogP contribution in [0.4, 0.5) is 5.13 Å². The van der Waals surface area contributed by atoms with Crippen molar-refractivity contribution in [1.29, 1.82) is 0 Å². The molecule has 0 saturated carbocycles. The number of likely N-dealkylation sites (N-methyl/N-ethyl adjacent to an activating group) is 1. The molecule has 1 aliphatic rings. The van der Waals surface area contributed by atoms with Gasteiger partial charge in [-0.1, -0.05) is 0 Å². The molecule has 0 saturated heterocycles. The number of hydrogen-bond acceptors (Lipinski definition) is 5. The van der Waals surface area contributed by atoms with Gasteiger partial charge in [0.2, 0.25) is 5.91 Å². The summed E-state index contributed by atoms with van der Waals surface area (Å²) >= 11 is 1.57. The molecule has 1 amide bonds. The fraction of sp³-hybridized carbons (Fsp3) is 0.417. The van der Waals surface area contributed by atoms with E-state index in [0.717, 1.165) is 30.9 Å². The summed E-state index contributed by atoms with van der Waals surface area (Å²) in [5, 5.41) is 10.1. The number of hydrogen-bond donors (Lipinski definition) is 2. The number of amides is 1. The van der Waals surface area contributed by atoms with Gasteiger partial charge in [-0.25, -0.2) is 4.98 Å². The predicted molar refractivity (Wildman–Crippen MR) is 73.1 cm³/mol. The molecule has 7 heteroatoms. The van der Waals surface area contributed by atoms with Crippen LogP contribution in [-0.4, -0.2) is 39.6 Å². The average Bonchev–Trinajstić information content (AvgIpc) is 2.97. The van der Waals surface area contributed by atoms with Gasteiger partial charge >= 0.3 is 0 Å². The Balaban J connectivity index is 1.65. The lowest BCUT2D eigenvalue weighted by Crippen LogP contribution is -2.25. The molecule has 0 bridgehead atoms. The van der Waals surface area contributed by atoms with Crippen LogP contribution in [0.25, 0.3) is 0 Å². The SMILES string of the molecule is CN1CCc2nc(NC(=O)Cc3ccn[nH]3)sc2C1. The number of nitrogens with zero attached hydrogens (tertiary/aromatic N) is 3. The van der Waals surface area contributed by atoms with E-state index in [2.05, 4.69) is 32.4 Å². The Labute approximate surface area is 114 Å². The fourth-order valence-electron chi connectivity index (χ4n) is 2.10. The highest BCUT2D eigenvalue weighted by Gasteiger charge is 2.19. The predicted octanol–water partition coefficient (Wildman–Crippen LogP) is 1.04. The van der Waals surface area contributed by atoms with Crippen molar-refractivity contribution < 1.29 is 4.79 Å². The van der Waals surface area contributed by atoms with Crippen LogP contribution in [0.5, 0.6) is 0 Å². The van der Waals surface area contributed by atoms with Gasteiger partial charge in [0.25, 0.3) is 0 Å². The van der Waals surface area contributed by atoms with E-state index in [1.54, 1.807) is 23.6 Å². The van der Waals surface area contributed by atoms with Gasteiger partial charge in [0, 0.05) is 36.3 Å². The van der Waals surface area contributed by atoms with Gasteiger partial charge in [-0.15, -0.1) is 11.3 Å². The van der Waals surface area contributed by atoms with Crippen LogP contribution in [0.3, 0.4) is 0 Å². The van der Waals surface area contributed by atoms with Crippen LogP contribution >= 0.6 is 11.3 Å². The number of H-pyrrole nitrogens is 1. The molecule has 2 aromatic heterocycles. The van der Waals surface area contributed by atoms with E-state index in [0.29, 0.717) is 11.6 Å². The van der Waals surface area contributed by atoms with E-state index >= 15 is 0 Å². The van der Waals surface area contributed by atoms with Crippen LogP contribution in [0.1, 0.15) is 16.3 Å². The maximum absolute atomic E-state index is 11.9. The van der Waals surface area contributed by atoms with Crippen molar-refractivity contribution >= 4 is 22.4 Å². The molecule has 0 spiro atoms. The van der Waals surface area contributed by atoms with Gasteiger partial charge in [-0.2, -0.15) is 5.10 Å². The third-order valence-electron chi connectivity index (χ3n) is 3.08. The number of anilines is 1. The zero-order valence-corrected chi connectivity index (χ0v) is 11.5. The molecule has 2 N–H and O–H groups in total.